The van der Waals surface area contributed by atoms with Crippen molar-refractivity contribution in [2.75, 3.05) is 13.1 Å². The molecule has 0 spiro atoms. The molecular weight excluding hydrogens is 475 g/mol. The monoisotopic (exact) mass is 494 g/mol. The number of aromatic nitrogens is 4. The molecule has 35 heavy (non-hydrogen) atoms. The zero-order valence-corrected chi connectivity index (χ0v) is 19.3. The van der Waals surface area contributed by atoms with Crippen molar-refractivity contribution in [2.45, 2.75) is 44.6 Å². The molecule has 0 aromatic carbocycles. The topological polar surface area (TPSA) is 113 Å². The summed E-state index contributed by atoms with van der Waals surface area (Å²) in [6.07, 6.45) is 5.85. The maximum absolute atomic E-state index is 15.9. The van der Waals surface area contributed by atoms with Crippen LogP contribution in [0.25, 0.3) is 11.3 Å². The van der Waals surface area contributed by atoms with Crippen LogP contribution in [0.15, 0.2) is 6.20 Å². The van der Waals surface area contributed by atoms with E-state index in [0.717, 1.165) is 29.7 Å². The highest BCUT2D eigenvalue weighted by Gasteiger charge is 2.39. The van der Waals surface area contributed by atoms with Crippen LogP contribution in [0.3, 0.4) is 0 Å². The van der Waals surface area contributed by atoms with Crippen LogP contribution in [-0.4, -0.2) is 55.8 Å². The second-order valence-electron chi connectivity index (χ2n) is 9.32. The van der Waals surface area contributed by atoms with E-state index in [1.807, 2.05) is 0 Å². The molecule has 0 atom stereocenters. The summed E-state index contributed by atoms with van der Waals surface area (Å²) in [7, 11) is 0. The number of hydrogen-bond acceptors (Lipinski definition) is 6. The summed E-state index contributed by atoms with van der Waals surface area (Å²) in [4.78, 5) is 43.3. The van der Waals surface area contributed by atoms with E-state index in [0.29, 0.717) is 61.3 Å². The van der Waals surface area contributed by atoms with Crippen molar-refractivity contribution in [3.63, 3.8) is 0 Å². The third kappa shape index (κ3) is 3.16. The van der Waals surface area contributed by atoms with Gasteiger partial charge < -0.3 is 19.9 Å². The summed E-state index contributed by atoms with van der Waals surface area (Å²) in [5.41, 5.74) is 4.56. The Morgan fingerprint density at radius 1 is 1.06 bits per heavy atom. The van der Waals surface area contributed by atoms with Crippen molar-refractivity contribution in [3.8, 4) is 23.0 Å². The number of ether oxygens (including phenoxy) is 1. The second-order valence-corrected chi connectivity index (χ2v) is 9.65. The van der Waals surface area contributed by atoms with Gasteiger partial charge in [0.05, 0.1) is 17.0 Å². The lowest BCUT2D eigenvalue weighted by Gasteiger charge is -2.28. The van der Waals surface area contributed by atoms with E-state index >= 15 is 4.39 Å². The van der Waals surface area contributed by atoms with Gasteiger partial charge in [0.1, 0.15) is 5.56 Å². The van der Waals surface area contributed by atoms with Crippen LogP contribution in [0.2, 0.25) is 5.28 Å². The number of nitrogens with one attached hydrogen (secondary N) is 2. The highest BCUT2D eigenvalue weighted by Crippen LogP contribution is 2.42. The first-order valence-electron chi connectivity index (χ1n) is 11.7. The minimum absolute atomic E-state index is 0.0740. The number of aromatic amines is 1. The summed E-state index contributed by atoms with van der Waals surface area (Å²) >= 11 is 6.12. The number of nitrogens with zero attached hydrogens (tertiary/aromatic N) is 4. The van der Waals surface area contributed by atoms with Crippen LogP contribution >= 0.6 is 11.6 Å². The number of carbonyl (C=O) groups is 2. The van der Waals surface area contributed by atoms with Crippen LogP contribution in [0.4, 0.5) is 4.39 Å². The van der Waals surface area contributed by atoms with Crippen LogP contribution in [0.5, 0.6) is 11.8 Å². The molecule has 3 aromatic heterocycles. The molecular formula is C24H20ClFN6O3. The molecule has 4 aliphatic rings. The molecule has 2 N–H and O–H groups in total. The number of pyridine rings is 1. The predicted octanol–water partition coefficient (Wildman–Crippen LogP) is 3.00. The fraction of sp³-hybridized carbons (Fsp3) is 0.375. The van der Waals surface area contributed by atoms with E-state index in [2.05, 4.69) is 25.3 Å². The zero-order valence-electron chi connectivity index (χ0n) is 18.6. The number of H-pyrrole nitrogens is 1. The number of carbonyl (C=O) groups excluding carboxylic acids is 2. The number of halogens is 2. The van der Waals surface area contributed by atoms with Crippen LogP contribution in [0.1, 0.15) is 56.1 Å². The number of aryl methyl sites for hydroxylation is 1. The first-order valence-corrected chi connectivity index (χ1v) is 12.1. The van der Waals surface area contributed by atoms with Crippen molar-refractivity contribution < 1.29 is 18.7 Å². The number of amides is 2. The van der Waals surface area contributed by atoms with Crippen molar-refractivity contribution in [3.05, 3.63) is 50.9 Å². The van der Waals surface area contributed by atoms with E-state index in [4.69, 9.17) is 16.3 Å². The largest absolute Gasteiger partial charge is 0.417 e. The Balaban J connectivity index is 1.32. The molecule has 0 bridgehead atoms. The minimum atomic E-state index is -0.673. The molecule has 2 aliphatic carbocycles. The first kappa shape index (κ1) is 20.8. The Labute approximate surface area is 204 Å². The van der Waals surface area contributed by atoms with Gasteiger partial charge in [0, 0.05) is 49.4 Å². The molecule has 0 unspecified atom stereocenters. The molecule has 0 radical (unpaired) electrons. The molecule has 5 heterocycles. The van der Waals surface area contributed by atoms with Crippen LogP contribution in [0, 0.1) is 5.82 Å². The fourth-order valence-electron chi connectivity index (χ4n) is 5.43. The Hall–Kier alpha value is -3.53. The molecule has 1 saturated carbocycles. The standard InChI is InChI=1S/C24H20ClFN6O3/c25-24-30-14-6-8-32(11-2-3-11)23(34)17(14)21(31-24)35-22-18(26)15-10(9-28-22)1-4-12-16-13(29-19(12)15)5-7-27-20(16)33/h9,11,29H,1-8H2,(H,27,33). The lowest BCUT2D eigenvalue weighted by atomic mass is 9.88. The van der Waals surface area contributed by atoms with Gasteiger partial charge >= 0.3 is 0 Å². The SMILES string of the molecule is O=C1NCCc2[nH]c3c(c21)CCc1cnc(Oc2nc(Cl)nc4c2C(=O)N(C2CC2)CC4)c(F)c1-3. The summed E-state index contributed by atoms with van der Waals surface area (Å²) in [5, 5.41) is 2.79. The van der Waals surface area contributed by atoms with Gasteiger partial charge in [0.15, 0.2) is 5.82 Å². The zero-order chi connectivity index (χ0) is 23.8. The maximum atomic E-state index is 15.9. The van der Waals surface area contributed by atoms with Gasteiger partial charge in [-0.05, 0) is 48.4 Å². The second kappa shape index (κ2) is 7.48. The Morgan fingerprint density at radius 3 is 2.74 bits per heavy atom. The van der Waals surface area contributed by atoms with Crippen molar-refractivity contribution in [1.29, 1.82) is 0 Å². The van der Waals surface area contributed by atoms with Crippen molar-refractivity contribution in [1.82, 2.24) is 30.2 Å². The lowest BCUT2D eigenvalue weighted by molar-refractivity contribution is 0.0720. The van der Waals surface area contributed by atoms with Crippen molar-refractivity contribution >= 4 is 23.4 Å². The van der Waals surface area contributed by atoms with Crippen LogP contribution < -0.4 is 10.1 Å². The van der Waals surface area contributed by atoms with E-state index in [-0.39, 0.29) is 40.5 Å². The number of rotatable bonds is 3. The Kier molecular flexibility index (Phi) is 4.45. The Morgan fingerprint density at radius 2 is 1.91 bits per heavy atom. The molecule has 0 saturated heterocycles. The summed E-state index contributed by atoms with van der Waals surface area (Å²) in [5.74, 6) is -1.44. The molecule has 2 aliphatic heterocycles. The molecule has 2 amide bonds. The average molecular weight is 495 g/mol. The molecule has 11 heteroatoms. The molecule has 7 rings (SSSR count). The van der Waals surface area contributed by atoms with E-state index in [1.54, 1.807) is 11.1 Å². The van der Waals surface area contributed by atoms with Gasteiger partial charge in [-0.1, -0.05) is 0 Å². The molecule has 3 aromatic rings. The smallest absolute Gasteiger partial charge is 0.261 e. The summed E-state index contributed by atoms with van der Waals surface area (Å²) < 4.78 is 21.8. The Bertz CT molecular complexity index is 1450. The van der Waals surface area contributed by atoms with Gasteiger partial charge in [-0.3, -0.25) is 9.59 Å². The minimum Gasteiger partial charge on any atom is -0.417 e. The van der Waals surface area contributed by atoms with Gasteiger partial charge in [-0.15, -0.1) is 0 Å². The lowest BCUT2D eigenvalue weighted by Crippen LogP contribution is -2.40. The van der Waals surface area contributed by atoms with Gasteiger partial charge in [0.25, 0.3) is 17.7 Å². The van der Waals surface area contributed by atoms with Gasteiger partial charge in [-0.2, -0.15) is 4.98 Å². The summed E-state index contributed by atoms with van der Waals surface area (Å²) in [6.45, 7) is 1.10. The van der Waals surface area contributed by atoms with E-state index < -0.39 is 5.82 Å². The fourth-order valence-corrected chi connectivity index (χ4v) is 5.61. The van der Waals surface area contributed by atoms with Gasteiger partial charge in [0.2, 0.25) is 11.2 Å². The number of fused-ring (bicyclic) bond motifs is 6. The van der Waals surface area contributed by atoms with Crippen molar-refractivity contribution in [2.24, 2.45) is 0 Å². The molecule has 178 valence electrons. The third-order valence-corrected chi connectivity index (χ3v) is 7.37. The first-order chi connectivity index (χ1) is 17.0. The summed E-state index contributed by atoms with van der Waals surface area (Å²) in [6, 6.07) is 0.215. The van der Waals surface area contributed by atoms with Crippen LogP contribution in [-0.2, 0) is 25.7 Å². The normalized spacial score (nSPS) is 18.4. The third-order valence-electron chi connectivity index (χ3n) is 7.20. The number of hydrogen-bond donors (Lipinski definition) is 2. The molecule has 1 fully saturated rings. The maximum Gasteiger partial charge on any atom is 0.261 e. The predicted molar refractivity (Wildman–Crippen MR) is 122 cm³/mol. The van der Waals surface area contributed by atoms with E-state index in [9.17, 15) is 9.59 Å². The highest BCUT2D eigenvalue weighted by molar-refractivity contribution is 6.28. The quantitative estimate of drug-likeness (QED) is 0.541. The highest BCUT2D eigenvalue weighted by atomic mass is 35.5. The van der Waals surface area contributed by atoms with Gasteiger partial charge in [-0.25, -0.2) is 14.4 Å². The molecule has 9 nitrogen and oxygen atoms in total. The average Bonchev–Trinajstić information content (AvgIpc) is 3.60. The van der Waals surface area contributed by atoms with E-state index in [1.165, 1.54) is 0 Å².